The molecule has 4 aromatic rings. The smallest absolute Gasteiger partial charge is 0.406 e. The highest BCUT2D eigenvalue weighted by Crippen LogP contribution is 2.38. The second kappa shape index (κ2) is 10.9. The van der Waals surface area contributed by atoms with E-state index in [1.807, 2.05) is 28.8 Å². The molecule has 1 unspecified atom stereocenters. The summed E-state index contributed by atoms with van der Waals surface area (Å²) in [5.41, 5.74) is 1.64. The minimum atomic E-state index is -4.85. The van der Waals surface area contributed by atoms with Crippen molar-refractivity contribution in [1.29, 1.82) is 0 Å². The SMILES string of the molecule is O=S(=NCC1CC1)(N[C@H]1COC[C@H](n2c3ccc(Cl)cc3c3cc(Cl)ccc32)[C@H]1O)c1ccc(OC(F)(F)F)cc1. The normalized spacial score (nSPS) is 23.0. The molecule has 1 aliphatic heterocycles. The minimum absolute atomic E-state index is 0.0532. The highest BCUT2D eigenvalue weighted by atomic mass is 35.5. The molecule has 0 bridgehead atoms. The third-order valence-electron chi connectivity index (χ3n) is 7.35. The van der Waals surface area contributed by atoms with Gasteiger partial charge in [0.05, 0.1) is 42.8 Å². The average Bonchev–Trinajstić information content (AvgIpc) is 3.70. The summed E-state index contributed by atoms with van der Waals surface area (Å²) in [6.45, 7) is 0.569. The van der Waals surface area contributed by atoms with Gasteiger partial charge < -0.3 is 19.1 Å². The minimum Gasteiger partial charge on any atom is -0.406 e. The fourth-order valence-corrected chi connectivity index (χ4v) is 7.44. The number of hydrogen-bond donors (Lipinski definition) is 2. The number of nitrogens with zero attached hydrogens (tertiary/aromatic N) is 2. The first-order chi connectivity index (χ1) is 19.5. The summed E-state index contributed by atoms with van der Waals surface area (Å²) in [6.07, 6.45) is -3.97. The van der Waals surface area contributed by atoms with Gasteiger partial charge in [0.25, 0.3) is 0 Å². The number of aliphatic hydroxyl groups is 1. The van der Waals surface area contributed by atoms with Gasteiger partial charge in [0.15, 0.2) is 0 Å². The van der Waals surface area contributed by atoms with Crippen LogP contribution in [-0.2, 0) is 14.7 Å². The zero-order valence-electron chi connectivity index (χ0n) is 21.5. The van der Waals surface area contributed by atoms with Crippen molar-refractivity contribution in [3.63, 3.8) is 0 Å². The summed E-state index contributed by atoms with van der Waals surface area (Å²) in [6, 6.07) is 14.4. The zero-order valence-corrected chi connectivity index (χ0v) is 23.8. The number of benzene rings is 3. The van der Waals surface area contributed by atoms with E-state index in [0.29, 0.717) is 22.5 Å². The Balaban J connectivity index is 1.35. The third kappa shape index (κ3) is 6.02. The molecule has 7 nitrogen and oxygen atoms in total. The van der Waals surface area contributed by atoms with Crippen LogP contribution in [-0.4, -0.2) is 52.1 Å². The predicted octanol–water partition coefficient (Wildman–Crippen LogP) is 6.74. The number of halogens is 5. The lowest BCUT2D eigenvalue weighted by atomic mass is 10.0. The van der Waals surface area contributed by atoms with E-state index in [2.05, 4.69) is 13.8 Å². The van der Waals surface area contributed by atoms with Crippen LogP contribution >= 0.6 is 23.2 Å². The first-order valence-electron chi connectivity index (χ1n) is 13.0. The lowest BCUT2D eigenvalue weighted by molar-refractivity contribution is -0.274. The monoisotopic (exact) mass is 627 g/mol. The summed E-state index contributed by atoms with van der Waals surface area (Å²) in [5.74, 6) is -0.125. The first-order valence-corrected chi connectivity index (χ1v) is 15.3. The van der Waals surface area contributed by atoms with Crippen molar-refractivity contribution in [1.82, 2.24) is 9.29 Å². The van der Waals surface area contributed by atoms with E-state index in [1.165, 1.54) is 12.1 Å². The van der Waals surface area contributed by atoms with Gasteiger partial charge in [-0.1, -0.05) is 23.2 Å². The Morgan fingerprint density at radius 2 is 1.61 bits per heavy atom. The van der Waals surface area contributed by atoms with Gasteiger partial charge in [0.1, 0.15) is 15.7 Å². The van der Waals surface area contributed by atoms with Crippen LogP contribution in [0.2, 0.25) is 10.0 Å². The van der Waals surface area contributed by atoms with Crippen molar-refractivity contribution >= 4 is 54.9 Å². The van der Waals surface area contributed by atoms with Crippen molar-refractivity contribution < 1.29 is 32.0 Å². The van der Waals surface area contributed by atoms with E-state index in [0.717, 1.165) is 46.8 Å². The molecule has 2 N–H and O–H groups in total. The molecule has 41 heavy (non-hydrogen) atoms. The molecule has 2 fully saturated rings. The van der Waals surface area contributed by atoms with Crippen molar-refractivity contribution in [3.8, 4) is 5.75 Å². The molecule has 0 spiro atoms. The molecule has 0 amide bonds. The second-order valence-corrected chi connectivity index (χ2v) is 13.2. The topological polar surface area (TPSA) is 85.1 Å². The quantitative estimate of drug-likeness (QED) is 0.238. The molecule has 2 heterocycles. The predicted molar refractivity (Wildman–Crippen MR) is 152 cm³/mol. The zero-order chi connectivity index (χ0) is 28.9. The van der Waals surface area contributed by atoms with E-state index in [9.17, 15) is 22.5 Å². The van der Waals surface area contributed by atoms with Crippen LogP contribution in [0.25, 0.3) is 21.8 Å². The maximum atomic E-state index is 14.3. The van der Waals surface area contributed by atoms with Crippen molar-refractivity contribution in [2.45, 2.75) is 42.3 Å². The highest BCUT2D eigenvalue weighted by molar-refractivity contribution is 7.91. The Bertz CT molecular complexity index is 1660. The molecule has 218 valence electrons. The van der Waals surface area contributed by atoms with Crippen LogP contribution in [0.15, 0.2) is 69.9 Å². The van der Waals surface area contributed by atoms with Gasteiger partial charge in [-0.2, -0.15) is 0 Å². The van der Waals surface area contributed by atoms with Crippen LogP contribution in [0.5, 0.6) is 5.75 Å². The molecular formula is C28H26Cl2F3N3O4S. The van der Waals surface area contributed by atoms with Gasteiger partial charge in [-0.25, -0.2) is 13.3 Å². The van der Waals surface area contributed by atoms with Gasteiger partial charge in [-0.05, 0) is 79.4 Å². The van der Waals surface area contributed by atoms with Gasteiger partial charge in [-0.15, -0.1) is 13.2 Å². The fraction of sp³-hybridized carbons (Fsp3) is 0.357. The van der Waals surface area contributed by atoms with Crippen molar-refractivity contribution in [2.24, 2.45) is 10.3 Å². The molecule has 1 aromatic heterocycles. The summed E-state index contributed by atoms with van der Waals surface area (Å²) in [7, 11) is -3.35. The second-order valence-electron chi connectivity index (χ2n) is 10.3. The molecule has 1 saturated heterocycles. The Kier molecular flexibility index (Phi) is 7.63. The van der Waals surface area contributed by atoms with E-state index in [1.54, 1.807) is 12.1 Å². The van der Waals surface area contributed by atoms with Crippen LogP contribution < -0.4 is 9.46 Å². The molecule has 6 rings (SSSR count). The molecule has 13 heteroatoms. The lowest BCUT2D eigenvalue weighted by Crippen LogP contribution is -2.53. The number of fused-ring (bicyclic) bond motifs is 3. The first kappa shape index (κ1) is 28.6. The molecule has 1 saturated carbocycles. The van der Waals surface area contributed by atoms with Gasteiger partial charge in [0.2, 0.25) is 0 Å². The standard InChI is InChI=1S/C28H26Cl2F3N3O4S/c29-17-3-9-24-21(11-17)22-12-18(30)4-10-25(22)36(24)26-15-39-14-23(27(26)37)35-41(38,34-13-16-1-2-16)20-7-5-19(6-8-20)40-28(31,32)33/h3-12,16,23,26-27,37H,1-2,13-15H2,(H,34,35,38)/t23-,26-,27-,41?/m0/s1. The number of ether oxygens (including phenoxy) is 2. The highest BCUT2D eigenvalue weighted by Gasteiger charge is 2.38. The maximum absolute atomic E-state index is 14.3. The average molecular weight is 629 g/mol. The summed E-state index contributed by atoms with van der Waals surface area (Å²) >= 11 is 12.6. The van der Waals surface area contributed by atoms with Crippen LogP contribution in [0.3, 0.4) is 0 Å². The summed E-state index contributed by atoms with van der Waals surface area (Å²) in [5, 5.41) is 14.5. The van der Waals surface area contributed by atoms with Gasteiger partial charge >= 0.3 is 6.36 Å². The van der Waals surface area contributed by atoms with Gasteiger partial charge in [-0.3, -0.25) is 0 Å². The lowest BCUT2D eigenvalue weighted by Gasteiger charge is -2.37. The molecular weight excluding hydrogens is 602 g/mol. The summed E-state index contributed by atoms with van der Waals surface area (Å²) in [4.78, 5) is 0.183. The maximum Gasteiger partial charge on any atom is 0.573 e. The largest absolute Gasteiger partial charge is 0.573 e. The van der Waals surface area contributed by atoms with E-state index in [4.69, 9.17) is 27.9 Å². The number of hydrogen-bond acceptors (Lipinski definition) is 5. The third-order valence-corrected chi connectivity index (χ3v) is 9.87. The number of rotatable bonds is 7. The number of nitrogens with one attached hydrogen (secondary N) is 1. The van der Waals surface area contributed by atoms with Gasteiger partial charge in [0, 0.05) is 31.9 Å². The van der Waals surface area contributed by atoms with Crippen molar-refractivity contribution in [3.05, 3.63) is 70.7 Å². The molecule has 1 aliphatic carbocycles. The Labute approximate surface area is 244 Å². The summed E-state index contributed by atoms with van der Waals surface area (Å²) < 4.78 is 71.6. The van der Waals surface area contributed by atoms with Crippen LogP contribution in [0.1, 0.15) is 18.9 Å². The molecule has 3 aromatic carbocycles. The molecule has 0 radical (unpaired) electrons. The number of aromatic nitrogens is 1. The van der Waals surface area contributed by atoms with Crippen LogP contribution in [0.4, 0.5) is 13.2 Å². The number of alkyl halides is 3. The van der Waals surface area contributed by atoms with Crippen LogP contribution in [0, 0.1) is 5.92 Å². The fourth-order valence-electron chi connectivity index (χ4n) is 5.19. The Morgan fingerprint density at radius 1 is 1.00 bits per heavy atom. The molecule has 2 aliphatic rings. The molecule has 4 atom stereocenters. The van der Waals surface area contributed by atoms with E-state index < -0.39 is 40.2 Å². The Hall–Kier alpha value is -2.54. The Morgan fingerprint density at radius 3 is 2.17 bits per heavy atom. The van der Waals surface area contributed by atoms with Crippen molar-refractivity contribution in [2.75, 3.05) is 19.8 Å². The van der Waals surface area contributed by atoms with E-state index in [-0.39, 0.29) is 18.1 Å². The number of aliphatic hydroxyl groups excluding tert-OH is 1. The van der Waals surface area contributed by atoms with E-state index >= 15 is 0 Å².